The molecule has 0 spiro atoms. The number of hydrogen-bond donors (Lipinski definition) is 1. The van der Waals surface area contributed by atoms with Gasteiger partial charge in [0.25, 0.3) is 0 Å². The van der Waals surface area contributed by atoms with Crippen molar-refractivity contribution in [2.45, 2.75) is 32.6 Å². The highest BCUT2D eigenvalue weighted by Gasteiger charge is 2.39. The zero-order chi connectivity index (χ0) is 22.8. The van der Waals surface area contributed by atoms with Crippen molar-refractivity contribution in [2.75, 3.05) is 19.8 Å². The van der Waals surface area contributed by atoms with Crippen LogP contribution in [0.4, 0.5) is 0 Å². The molecule has 1 aromatic carbocycles. The van der Waals surface area contributed by atoms with Gasteiger partial charge in [0.15, 0.2) is 11.5 Å². The number of nitriles is 1. The normalized spacial score (nSPS) is 17.8. The summed E-state index contributed by atoms with van der Waals surface area (Å²) in [5.74, 6) is 0.0316. The van der Waals surface area contributed by atoms with Gasteiger partial charge in [0.05, 0.1) is 23.6 Å². The second kappa shape index (κ2) is 8.97. The van der Waals surface area contributed by atoms with E-state index in [0.29, 0.717) is 54.4 Å². The standard InChI is InChI=1S/C23H22ClN3O5/c1-3-5-16-20(23(28)29-4-2)19(14(11-25)22(26)32-16)13-8-12-9-17-18(31-7-6-30-17)10-15(12)27-21(13)24/h8-10,19H,3-7,26H2,1-2H3. The molecule has 0 saturated carbocycles. The van der Waals surface area contributed by atoms with Crippen molar-refractivity contribution >= 4 is 28.5 Å². The maximum Gasteiger partial charge on any atom is 0.338 e. The molecular formula is C23H22ClN3O5. The van der Waals surface area contributed by atoms with Crippen molar-refractivity contribution in [2.24, 2.45) is 5.73 Å². The molecule has 1 aromatic heterocycles. The zero-order valence-electron chi connectivity index (χ0n) is 17.7. The molecule has 2 N–H and O–H groups in total. The Morgan fingerprint density at radius 2 is 2.00 bits per heavy atom. The molecule has 9 heteroatoms. The van der Waals surface area contributed by atoms with Crippen LogP contribution >= 0.6 is 11.6 Å². The molecule has 166 valence electrons. The number of benzene rings is 1. The Hall–Kier alpha value is -3.44. The summed E-state index contributed by atoms with van der Waals surface area (Å²) in [5.41, 5.74) is 7.41. The minimum Gasteiger partial charge on any atom is -0.486 e. The second-order valence-electron chi connectivity index (χ2n) is 7.29. The molecule has 0 bridgehead atoms. The van der Waals surface area contributed by atoms with Crippen LogP contribution in [0.25, 0.3) is 10.9 Å². The summed E-state index contributed by atoms with van der Waals surface area (Å²) in [6.45, 7) is 4.73. The molecular weight excluding hydrogens is 434 g/mol. The summed E-state index contributed by atoms with van der Waals surface area (Å²) >= 11 is 6.59. The highest BCUT2D eigenvalue weighted by Crippen LogP contribution is 2.44. The number of nitrogens with two attached hydrogens (primary N) is 1. The van der Waals surface area contributed by atoms with Crippen molar-refractivity contribution in [3.8, 4) is 17.6 Å². The molecule has 2 aliphatic rings. The monoisotopic (exact) mass is 455 g/mol. The summed E-state index contributed by atoms with van der Waals surface area (Å²) in [5, 5.41) is 10.7. The Labute approximate surface area is 190 Å². The first-order valence-electron chi connectivity index (χ1n) is 10.4. The predicted molar refractivity (Wildman–Crippen MR) is 117 cm³/mol. The largest absolute Gasteiger partial charge is 0.486 e. The molecule has 1 unspecified atom stereocenters. The van der Waals surface area contributed by atoms with Crippen molar-refractivity contribution in [3.05, 3.63) is 51.7 Å². The van der Waals surface area contributed by atoms with Gasteiger partial charge in [-0.05, 0) is 25.5 Å². The molecule has 1 atom stereocenters. The summed E-state index contributed by atoms with van der Waals surface area (Å²) in [6, 6.07) is 7.41. The molecule has 8 nitrogen and oxygen atoms in total. The number of nitrogens with zero attached hydrogens (tertiary/aromatic N) is 2. The van der Waals surface area contributed by atoms with Crippen LogP contribution in [0.3, 0.4) is 0 Å². The van der Waals surface area contributed by atoms with Crippen LogP contribution in [-0.4, -0.2) is 30.8 Å². The molecule has 0 radical (unpaired) electrons. The van der Waals surface area contributed by atoms with E-state index in [-0.39, 0.29) is 28.8 Å². The summed E-state index contributed by atoms with van der Waals surface area (Å²) in [7, 11) is 0. The average molecular weight is 456 g/mol. The Kier molecular flexibility index (Phi) is 6.10. The number of halogens is 1. The minimum absolute atomic E-state index is 0.0627. The van der Waals surface area contributed by atoms with Gasteiger partial charge < -0.3 is 24.7 Å². The number of pyridine rings is 1. The molecule has 2 aliphatic heterocycles. The number of ether oxygens (including phenoxy) is 4. The predicted octanol–water partition coefficient (Wildman–Crippen LogP) is 4.08. The van der Waals surface area contributed by atoms with Crippen LogP contribution in [0.5, 0.6) is 11.5 Å². The first kappa shape index (κ1) is 21.8. The Balaban J connectivity index is 1.93. The second-order valence-corrected chi connectivity index (χ2v) is 7.65. The molecule has 4 rings (SSSR count). The van der Waals surface area contributed by atoms with E-state index < -0.39 is 11.9 Å². The molecule has 0 aliphatic carbocycles. The van der Waals surface area contributed by atoms with E-state index in [4.69, 9.17) is 36.3 Å². The van der Waals surface area contributed by atoms with Gasteiger partial charge in [0, 0.05) is 23.4 Å². The van der Waals surface area contributed by atoms with Crippen LogP contribution in [-0.2, 0) is 14.3 Å². The Morgan fingerprint density at radius 3 is 2.66 bits per heavy atom. The number of aromatic nitrogens is 1. The average Bonchev–Trinajstić information content (AvgIpc) is 2.77. The van der Waals surface area contributed by atoms with Crippen LogP contribution in [0.15, 0.2) is 41.0 Å². The lowest BCUT2D eigenvalue weighted by atomic mass is 9.82. The smallest absolute Gasteiger partial charge is 0.338 e. The molecule has 0 fully saturated rings. The van der Waals surface area contributed by atoms with E-state index in [0.717, 1.165) is 5.39 Å². The quantitative estimate of drug-likeness (QED) is 0.529. The van der Waals surface area contributed by atoms with E-state index >= 15 is 0 Å². The number of fused-ring (bicyclic) bond motifs is 2. The van der Waals surface area contributed by atoms with Gasteiger partial charge in [0.2, 0.25) is 5.88 Å². The fourth-order valence-electron chi connectivity index (χ4n) is 3.88. The lowest BCUT2D eigenvalue weighted by Gasteiger charge is -2.28. The number of carbonyl (C=O) groups is 1. The van der Waals surface area contributed by atoms with E-state index in [2.05, 4.69) is 11.1 Å². The number of rotatable bonds is 5. The van der Waals surface area contributed by atoms with Crippen molar-refractivity contribution in [3.63, 3.8) is 0 Å². The highest BCUT2D eigenvalue weighted by atomic mass is 35.5. The van der Waals surface area contributed by atoms with Gasteiger partial charge in [-0.2, -0.15) is 5.26 Å². The van der Waals surface area contributed by atoms with Gasteiger partial charge in [-0.3, -0.25) is 0 Å². The Bertz CT molecular complexity index is 1200. The van der Waals surface area contributed by atoms with Gasteiger partial charge in [0.1, 0.15) is 35.8 Å². The number of esters is 1. The molecule has 2 aromatic rings. The molecule has 0 amide bonds. The van der Waals surface area contributed by atoms with Gasteiger partial charge in [-0.15, -0.1) is 0 Å². The van der Waals surface area contributed by atoms with Crippen molar-refractivity contribution in [1.82, 2.24) is 4.98 Å². The van der Waals surface area contributed by atoms with Crippen LogP contribution < -0.4 is 15.2 Å². The van der Waals surface area contributed by atoms with E-state index in [9.17, 15) is 10.1 Å². The van der Waals surface area contributed by atoms with Crippen molar-refractivity contribution < 1.29 is 23.7 Å². The first-order chi connectivity index (χ1) is 15.5. The third-order valence-electron chi connectivity index (χ3n) is 5.24. The fraction of sp³-hybridized carbons (Fsp3) is 0.348. The summed E-state index contributed by atoms with van der Waals surface area (Å²) in [6.07, 6.45) is 1.15. The summed E-state index contributed by atoms with van der Waals surface area (Å²) in [4.78, 5) is 17.5. The van der Waals surface area contributed by atoms with Crippen LogP contribution in [0.1, 0.15) is 38.2 Å². The molecule has 3 heterocycles. The maximum atomic E-state index is 13.0. The van der Waals surface area contributed by atoms with Gasteiger partial charge in [-0.25, -0.2) is 9.78 Å². The van der Waals surface area contributed by atoms with Gasteiger partial charge >= 0.3 is 5.97 Å². The van der Waals surface area contributed by atoms with E-state index in [1.54, 1.807) is 25.1 Å². The van der Waals surface area contributed by atoms with Gasteiger partial charge in [-0.1, -0.05) is 18.5 Å². The zero-order valence-corrected chi connectivity index (χ0v) is 18.5. The Morgan fingerprint density at radius 1 is 1.28 bits per heavy atom. The maximum absolute atomic E-state index is 13.0. The lowest BCUT2D eigenvalue weighted by molar-refractivity contribution is -0.139. The van der Waals surface area contributed by atoms with Crippen LogP contribution in [0, 0.1) is 11.3 Å². The van der Waals surface area contributed by atoms with Crippen LogP contribution in [0.2, 0.25) is 5.15 Å². The summed E-state index contributed by atoms with van der Waals surface area (Å²) < 4.78 is 22.3. The third-order valence-corrected chi connectivity index (χ3v) is 5.54. The van der Waals surface area contributed by atoms with E-state index in [1.165, 1.54) is 0 Å². The number of carbonyl (C=O) groups excluding carboxylic acids is 1. The van der Waals surface area contributed by atoms with E-state index in [1.807, 2.05) is 6.92 Å². The molecule has 0 saturated heterocycles. The highest BCUT2D eigenvalue weighted by molar-refractivity contribution is 6.30. The first-order valence-corrected chi connectivity index (χ1v) is 10.7. The lowest BCUT2D eigenvalue weighted by Crippen LogP contribution is -2.26. The molecule has 32 heavy (non-hydrogen) atoms. The third kappa shape index (κ3) is 3.80. The topological polar surface area (TPSA) is 117 Å². The SMILES string of the molecule is CCCC1=C(C(=O)OCC)C(c2cc3cc4c(cc3nc2Cl)OCCO4)C(C#N)=C(N)O1. The minimum atomic E-state index is -0.869. The number of hydrogen-bond acceptors (Lipinski definition) is 8. The fourth-order valence-corrected chi connectivity index (χ4v) is 4.13. The number of allylic oxidation sites excluding steroid dienone is 2. The van der Waals surface area contributed by atoms with Crippen molar-refractivity contribution in [1.29, 1.82) is 5.26 Å².